The van der Waals surface area contributed by atoms with Crippen molar-refractivity contribution >= 4 is 34.2 Å². The summed E-state index contributed by atoms with van der Waals surface area (Å²) in [5.41, 5.74) is 4.68. The Bertz CT molecular complexity index is 1200. The maximum absolute atomic E-state index is 12.7. The molecule has 1 aromatic carbocycles. The minimum absolute atomic E-state index is 0.00805. The lowest BCUT2D eigenvalue weighted by Gasteiger charge is -2.09. The topological polar surface area (TPSA) is 59.3 Å². The van der Waals surface area contributed by atoms with Crippen LogP contribution in [-0.2, 0) is 5.75 Å². The van der Waals surface area contributed by atoms with Crippen molar-refractivity contribution in [2.24, 2.45) is 0 Å². The standard InChI is InChI=1S/C22H20N4OS/c1-14-5-4-10-26-12-16(23-21(14)26)13-28-20-11-18(22(27)24-15-8-9-15)17-6-2-3-7-19(17)25-20/h2-7,10-12,15H,8-9,13H2,1H3,(H,24,27). The van der Waals surface area contributed by atoms with Gasteiger partial charge in [0.1, 0.15) is 5.65 Å². The number of fused-ring (bicyclic) bond motifs is 2. The number of pyridine rings is 2. The molecule has 6 heteroatoms. The highest BCUT2D eigenvalue weighted by Gasteiger charge is 2.25. The molecule has 0 aliphatic heterocycles. The van der Waals surface area contributed by atoms with Gasteiger partial charge in [-0.25, -0.2) is 9.97 Å². The lowest BCUT2D eigenvalue weighted by Crippen LogP contribution is -2.25. The first-order chi connectivity index (χ1) is 13.7. The number of aryl methyl sites for hydroxylation is 1. The normalized spacial score (nSPS) is 13.9. The third-order valence-electron chi connectivity index (χ3n) is 4.95. The Morgan fingerprint density at radius 1 is 1.21 bits per heavy atom. The van der Waals surface area contributed by atoms with Crippen LogP contribution in [0.3, 0.4) is 0 Å². The first-order valence-electron chi connectivity index (χ1n) is 9.44. The molecule has 1 aliphatic carbocycles. The van der Waals surface area contributed by atoms with E-state index in [0.717, 1.165) is 45.7 Å². The smallest absolute Gasteiger partial charge is 0.252 e. The van der Waals surface area contributed by atoms with E-state index in [1.165, 1.54) is 0 Å². The molecule has 0 radical (unpaired) electrons. The van der Waals surface area contributed by atoms with Gasteiger partial charge >= 0.3 is 0 Å². The van der Waals surface area contributed by atoms with Gasteiger partial charge in [-0.3, -0.25) is 4.79 Å². The summed E-state index contributed by atoms with van der Waals surface area (Å²) < 4.78 is 2.05. The molecule has 0 bridgehead atoms. The van der Waals surface area contributed by atoms with E-state index >= 15 is 0 Å². The van der Waals surface area contributed by atoms with E-state index in [0.29, 0.717) is 17.4 Å². The van der Waals surface area contributed by atoms with Gasteiger partial charge in [-0.2, -0.15) is 0 Å². The molecule has 3 aromatic heterocycles. The predicted molar refractivity (Wildman–Crippen MR) is 112 cm³/mol. The van der Waals surface area contributed by atoms with Crippen LogP contribution >= 0.6 is 11.8 Å². The highest BCUT2D eigenvalue weighted by atomic mass is 32.2. The van der Waals surface area contributed by atoms with Crippen LogP contribution in [0.15, 0.2) is 59.9 Å². The second-order valence-corrected chi connectivity index (χ2v) is 8.21. The number of carbonyl (C=O) groups excluding carboxylic acids is 1. The number of thioether (sulfide) groups is 1. The number of rotatable bonds is 5. The van der Waals surface area contributed by atoms with E-state index in [2.05, 4.69) is 24.5 Å². The summed E-state index contributed by atoms with van der Waals surface area (Å²) in [5, 5.41) is 4.83. The highest BCUT2D eigenvalue weighted by molar-refractivity contribution is 7.98. The maximum atomic E-state index is 12.7. The van der Waals surface area contributed by atoms with Gasteiger partial charge in [0.15, 0.2) is 0 Å². The van der Waals surface area contributed by atoms with Gasteiger partial charge in [0.2, 0.25) is 0 Å². The molecule has 0 unspecified atom stereocenters. The third-order valence-corrected chi connectivity index (χ3v) is 5.89. The van der Waals surface area contributed by atoms with Crippen molar-refractivity contribution in [3.05, 3.63) is 71.7 Å². The predicted octanol–water partition coefficient (Wildman–Crippen LogP) is 4.38. The molecule has 5 rings (SSSR count). The lowest BCUT2D eigenvalue weighted by molar-refractivity contribution is 0.0952. The largest absolute Gasteiger partial charge is 0.349 e. The van der Waals surface area contributed by atoms with Gasteiger partial charge in [0.25, 0.3) is 5.91 Å². The summed E-state index contributed by atoms with van der Waals surface area (Å²) in [4.78, 5) is 22.2. The molecule has 5 nitrogen and oxygen atoms in total. The van der Waals surface area contributed by atoms with Crippen molar-refractivity contribution in [2.45, 2.75) is 36.6 Å². The van der Waals surface area contributed by atoms with Crippen LogP contribution in [0.4, 0.5) is 0 Å². The second kappa shape index (κ2) is 6.95. The van der Waals surface area contributed by atoms with Crippen LogP contribution in [0.5, 0.6) is 0 Å². The summed E-state index contributed by atoms with van der Waals surface area (Å²) in [6, 6.07) is 14.2. The SMILES string of the molecule is Cc1cccn2cc(CSc3cc(C(=O)NC4CC4)c4ccccc4n3)nc12. The number of nitrogens with one attached hydrogen (secondary N) is 1. The fraction of sp³-hybridized carbons (Fsp3) is 0.227. The van der Waals surface area contributed by atoms with Crippen LogP contribution in [-0.4, -0.2) is 26.3 Å². The minimum Gasteiger partial charge on any atom is -0.349 e. The quantitative estimate of drug-likeness (QED) is 0.516. The zero-order valence-corrected chi connectivity index (χ0v) is 16.4. The number of amides is 1. The molecular formula is C22H20N4OS. The van der Waals surface area contributed by atoms with Gasteiger partial charge in [-0.05, 0) is 43.5 Å². The van der Waals surface area contributed by atoms with E-state index in [4.69, 9.17) is 9.97 Å². The Hall–Kier alpha value is -2.86. The van der Waals surface area contributed by atoms with Crippen molar-refractivity contribution in [3.63, 3.8) is 0 Å². The monoisotopic (exact) mass is 388 g/mol. The van der Waals surface area contributed by atoms with E-state index in [1.54, 1.807) is 11.8 Å². The molecule has 1 N–H and O–H groups in total. The van der Waals surface area contributed by atoms with Crippen LogP contribution < -0.4 is 5.32 Å². The average Bonchev–Trinajstić information content (AvgIpc) is 3.41. The zero-order valence-electron chi connectivity index (χ0n) is 15.6. The highest BCUT2D eigenvalue weighted by Crippen LogP contribution is 2.28. The van der Waals surface area contributed by atoms with Gasteiger partial charge < -0.3 is 9.72 Å². The minimum atomic E-state index is -0.00805. The van der Waals surface area contributed by atoms with E-state index in [9.17, 15) is 4.79 Å². The number of imidazole rings is 1. The number of para-hydroxylation sites is 1. The Labute approximate surface area is 167 Å². The number of aromatic nitrogens is 3. The molecular weight excluding hydrogens is 368 g/mol. The Balaban J connectivity index is 1.44. The van der Waals surface area contributed by atoms with Crippen molar-refractivity contribution in [1.29, 1.82) is 0 Å². The second-order valence-electron chi connectivity index (χ2n) is 7.22. The van der Waals surface area contributed by atoms with E-state index < -0.39 is 0 Å². The fourth-order valence-corrected chi connectivity index (χ4v) is 4.12. The van der Waals surface area contributed by atoms with Crippen molar-refractivity contribution in [3.8, 4) is 0 Å². The number of hydrogen-bond donors (Lipinski definition) is 1. The maximum Gasteiger partial charge on any atom is 0.252 e. The van der Waals surface area contributed by atoms with Gasteiger partial charge in [-0.1, -0.05) is 36.0 Å². The molecule has 0 atom stereocenters. The summed E-state index contributed by atoms with van der Waals surface area (Å²) >= 11 is 1.61. The molecule has 28 heavy (non-hydrogen) atoms. The first kappa shape index (κ1) is 17.3. The fourth-order valence-electron chi connectivity index (χ4n) is 3.33. The van der Waals surface area contributed by atoms with Crippen molar-refractivity contribution in [1.82, 2.24) is 19.7 Å². The van der Waals surface area contributed by atoms with Crippen molar-refractivity contribution in [2.75, 3.05) is 0 Å². The van der Waals surface area contributed by atoms with Gasteiger partial charge in [-0.15, -0.1) is 0 Å². The lowest BCUT2D eigenvalue weighted by atomic mass is 10.1. The molecule has 4 aromatic rings. The number of benzene rings is 1. The summed E-state index contributed by atoms with van der Waals surface area (Å²) in [6.07, 6.45) is 6.21. The van der Waals surface area contributed by atoms with Crippen LogP contribution in [0.25, 0.3) is 16.6 Å². The molecule has 1 amide bonds. The molecule has 1 fully saturated rings. The van der Waals surface area contributed by atoms with E-state index in [1.807, 2.05) is 47.0 Å². The zero-order chi connectivity index (χ0) is 19.1. The third kappa shape index (κ3) is 3.36. The van der Waals surface area contributed by atoms with Gasteiger partial charge in [0, 0.05) is 29.6 Å². The molecule has 140 valence electrons. The average molecular weight is 388 g/mol. The molecule has 3 heterocycles. The van der Waals surface area contributed by atoms with Crippen LogP contribution in [0, 0.1) is 6.92 Å². The molecule has 0 spiro atoms. The summed E-state index contributed by atoms with van der Waals surface area (Å²) in [7, 11) is 0. The molecule has 1 aliphatic rings. The van der Waals surface area contributed by atoms with Crippen molar-refractivity contribution < 1.29 is 4.79 Å². The number of nitrogens with zero attached hydrogens (tertiary/aromatic N) is 3. The van der Waals surface area contributed by atoms with Gasteiger partial charge in [0.05, 0.1) is 21.8 Å². The van der Waals surface area contributed by atoms with Crippen LogP contribution in [0.2, 0.25) is 0 Å². The number of carbonyl (C=O) groups is 1. The van der Waals surface area contributed by atoms with Crippen LogP contribution in [0.1, 0.15) is 34.5 Å². The number of hydrogen-bond acceptors (Lipinski definition) is 4. The first-order valence-corrected chi connectivity index (χ1v) is 10.4. The van der Waals surface area contributed by atoms with E-state index in [-0.39, 0.29) is 5.91 Å². The Morgan fingerprint density at radius 2 is 2.07 bits per heavy atom. The summed E-state index contributed by atoms with van der Waals surface area (Å²) in [6.45, 7) is 2.06. The Morgan fingerprint density at radius 3 is 2.89 bits per heavy atom. The summed E-state index contributed by atoms with van der Waals surface area (Å²) in [5.74, 6) is 0.696. The Kier molecular flexibility index (Phi) is 4.28. The molecule has 1 saturated carbocycles. The molecule has 0 saturated heterocycles.